The van der Waals surface area contributed by atoms with Gasteiger partial charge in [0.25, 0.3) is 11.6 Å². The van der Waals surface area contributed by atoms with E-state index in [1.165, 1.54) is 27.7 Å². The summed E-state index contributed by atoms with van der Waals surface area (Å²) in [5, 5.41) is 378. The number of rotatable bonds is 39. The van der Waals surface area contributed by atoms with Crippen LogP contribution < -0.4 is 11.5 Å². The summed E-state index contributed by atoms with van der Waals surface area (Å²) in [6.45, 7) is -3.46. The SMILES string of the molecule is CC1C(O)[C@H](O[C@@H]2OC(CO[C@]3(C(=O)O)C[C@@H](O)[C@@H](N)C([C@H](O)[C@H](O)CO)O3)[C@H](O)C(O)[C@@H]2O)[C@H](CO)O[C@H]1O[C@@H]1C(O)[C@H](O)C(CO)O[C@@H]1OCC1O[C@@H](O[C@@H]2C(CO)O[C@@H](O[C@@H]3C(CO[C@@H]4O[C@@H](C)[C@@H](O)C(O)C4O)O[C@@H](C)[C@@H](C)C3O)[C@@H](C)C2O)[C@H](O)C(O[C@H]2O[C@H](CO)[C@@H](O)C(O)C2O[C@@H]2OC(CO)[C@@H](O[C@@H]3OC(CO[C@]4(C(=O)O)C[C@@H](O)[C@@H](N)C([C@H](O)[C@H](O)CO)O4)[C@H](O)C(O)[C@@H]3O)C(O)[C@@H]2C)[C@@H]1O. The molecule has 61 nitrogen and oxygen atoms in total. The number of ether oxygens (including phenoxy) is 23. The number of hydrogen-bond acceptors (Lipinski definition) is 59. The fraction of sp³-hybridized carbons (Fsp3) is 0.976. The van der Waals surface area contributed by atoms with E-state index in [4.69, 9.17) is 120 Å². The van der Waals surface area contributed by atoms with E-state index in [1.807, 2.05) is 0 Å². The molecule has 0 aromatic rings. The molecule has 0 bridgehead atoms. The minimum Gasteiger partial charge on any atom is -0.477 e. The van der Waals surface area contributed by atoms with Crippen LogP contribution in [0.3, 0.4) is 0 Å². The van der Waals surface area contributed by atoms with Crippen LogP contribution in [0.2, 0.25) is 0 Å². The van der Waals surface area contributed by atoms with Crippen molar-refractivity contribution in [2.75, 3.05) is 72.7 Å². The first-order chi connectivity index (χ1) is 67.8. The Balaban J connectivity index is 0.791. The number of nitrogens with two attached hydrogens (primary N) is 2. The average molecular weight is 2110 g/mol. The molecule has 12 aliphatic rings. The second kappa shape index (κ2) is 50.5. The molecule has 12 rings (SSSR count). The van der Waals surface area contributed by atoms with Crippen molar-refractivity contribution in [1.82, 2.24) is 0 Å². The Morgan fingerprint density at radius 3 is 0.972 bits per heavy atom. The predicted molar refractivity (Wildman–Crippen MR) is 448 cm³/mol. The molecule has 0 radical (unpaired) electrons. The summed E-state index contributed by atoms with van der Waals surface area (Å²) in [5.41, 5.74) is 12.0. The molecule has 0 aromatic carbocycles. The lowest BCUT2D eigenvalue weighted by Gasteiger charge is -2.51. The van der Waals surface area contributed by atoms with Crippen molar-refractivity contribution in [2.45, 2.75) is 409 Å². The van der Waals surface area contributed by atoms with Gasteiger partial charge in [-0.05, 0) is 13.8 Å². The van der Waals surface area contributed by atoms with Crippen LogP contribution in [0.5, 0.6) is 0 Å². The van der Waals surface area contributed by atoms with E-state index in [9.17, 15) is 183 Å². The number of carbonyl (C=O) groups is 2. The van der Waals surface area contributed by atoms with Crippen LogP contribution in [0.25, 0.3) is 0 Å². The molecule has 0 aliphatic carbocycles. The molecule has 144 heavy (non-hydrogen) atoms. The van der Waals surface area contributed by atoms with Crippen LogP contribution in [0.1, 0.15) is 54.4 Å². The third kappa shape index (κ3) is 24.9. The fourth-order valence-corrected chi connectivity index (χ4v) is 19.3. The van der Waals surface area contributed by atoms with Crippen molar-refractivity contribution in [2.24, 2.45) is 35.1 Å². The van der Waals surface area contributed by atoms with Gasteiger partial charge in [-0.25, -0.2) is 9.59 Å². The van der Waals surface area contributed by atoms with Crippen molar-refractivity contribution in [3.05, 3.63) is 0 Å². The van der Waals surface area contributed by atoms with Gasteiger partial charge in [0.15, 0.2) is 56.6 Å². The standard InChI is InChI=1S/C83H142N2O59/c1-20-24(5)126-38(17-122-74-58(114)53(109)45(101)25(6)127-74)65(41(20)97)136-71-21(2)42(98)64(34(15-92)130-71)139-77-61(117)68(140-79-70(57(113)49(105)31(12-89)129-79)142-73-23(4)44(100)63(33(14-91)132-73)138-76-60(116)55(111)51(107)37(135-76)19-125-83(81(120)121)8-27(94)40(85)67(144-83)47(103)29(96)10-87)52(108)35(133-77)16-123-78-69(56(112)48(104)30(11-88)128-78)141-72-22(3)43(99)62(32(13-90)131-72)137-75-59(115)54(110)50(106)36(134-75)18-124-82(80(118)119)7-26(93)39(84)66(143-82)46(102)28(95)9-86/h20-79,86-117H,7-19,84-85H2,1-6H3,(H,118,119)(H,120,121)/t20-,21+,22?,23+,24+,25+,26-,27-,28-,29-,30?,31-,32+,33?,34?,35?,36?,37?,38?,39-,40-,41?,42?,43?,44?,45-,46-,47-,48-,49-,50+,51+,52-,53?,54?,55?,56?,57?,58?,59+,60+,61-,62-,63-,64-,65-,66?,67?,68?,69-,70?,71+,72+,73+,74-,75+,76+,77+,78+,79-,82-,83-/m1/s1. The molecular formula is C83H142N2O59. The van der Waals surface area contributed by atoms with E-state index < -0.39 is 476 Å². The van der Waals surface area contributed by atoms with Crippen molar-refractivity contribution in [3.63, 3.8) is 0 Å². The molecule has 12 saturated heterocycles. The third-order valence-corrected chi connectivity index (χ3v) is 28.9. The maximum absolute atomic E-state index is 12.9. The molecule has 12 heterocycles. The van der Waals surface area contributed by atoms with E-state index in [1.54, 1.807) is 13.8 Å². The molecule has 0 spiro atoms. The van der Waals surface area contributed by atoms with Crippen LogP contribution in [0.15, 0.2) is 0 Å². The smallest absolute Gasteiger partial charge is 0.364 e. The number of aliphatic hydroxyl groups is 32. The predicted octanol–water partition coefficient (Wildman–Crippen LogP) is -21.6. The van der Waals surface area contributed by atoms with Crippen molar-refractivity contribution in [3.8, 4) is 0 Å². The second-order valence-electron chi connectivity index (χ2n) is 38.6. The molecule has 12 aliphatic heterocycles. The minimum atomic E-state index is -2.98. The van der Waals surface area contributed by atoms with E-state index in [-0.39, 0.29) is 0 Å². The van der Waals surface area contributed by atoms with E-state index >= 15 is 0 Å². The van der Waals surface area contributed by atoms with Gasteiger partial charge in [-0.1, -0.05) is 27.7 Å². The zero-order valence-electron chi connectivity index (χ0n) is 78.4. The van der Waals surface area contributed by atoms with Crippen molar-refractivity contribution < 1.29 is 292 Å². The van der Waals surface area contributed by atoms with Gasteiger partial charge in [0.05, 0.1) is 134 Å². The quantitative estimate of drug-likeness (QED) is 0.0272. The van der Waals surface area contributed by atoms with E-state index in [0.717, 1.165) is 0 Å². The molecule has 838 valence electrons. The van der Waals surface area contributed by atoms with Crippen LogP contribution in [-0.4, -0.2) is 613 Å². The Morgan fingerprint density at radius 2 is 0.583 bits per heavy atom. The number of carboxylic acids is 2. The Morgan fingerprint density at radius 1 is 0.285 bits per heavy atom. The van der Waals surface area contributed by atoms with Gasteiger partial charge >= 0.3 is 11.9 Å². The maximum Gasteiger partial charge on any atom is 0.364 e. The topological polar surface area (TPSA) is 986 Å². The van der Waals surface area contributed by atoms with Gasteiger partial charge < -0.3 is 294 Å². The number of carboxylic acid groups (broad SMARTS) is 2. The van der Waals surface area contributed by atoms with E-state index in [2.05, 4.69) is 0 Å². The number of aliphatic carboxylic acids is 2. The molecule has 61 heteroatoms. The average Bonchev–Trinajstić information content (AvgIpc) is 0.760. The summed E-state index contributed by atoms with van der Waals surface area (Å²) in [6.07, 6.45) is -108. The normalized spacial score (nSPS) is 51.5. The molecule has 0 amide bonds. The number of hydrogen-bond donors (Lipinski definition) is 36. The maximum atomic E-state index is 12.9. The fourth-order valence-electron chi connectivity index (χ4n) is 19.3. The molecule has 38 N–H and O–H groups in total. The Kier molecular flexibility index (Phi) is 41.8. The van der Waals surface area contributed by atoms with Crippen LogP contribution in [0.4, 0.5) is 0 Å². The largest absolute Gasteiger partial charge is 0.477 e. The van der Waals surface area contributed by atoms with Crippen molar-refractivity contribution in [1.29, 1.82) is 0 Å². The summed E-state index contributed by atoms with van der Waals surface area (Å²) in [5.74, 6) is -15.0. The van der Waals surface area contributed by atoms with Gasteiger partial charge in [-0.3, -0.25) is 0 Å². The zero-order chi connectivity index (χ0) is 106. The lowest BCUT2D eigenvalue weighted by molar-refractivity contribution is -0.402. The lowest BCUT2D eigenvalue weighted by Crippen LogP contribution is -2.68. The van der Waals surface area contributed by atoms with Gasteiger partial charge in [-0.15, -0.1) is 0 Å². The molecule has 12 fully saturated rings. The summed E-state index contributed by atoms with van der Waals surface area (Å²) in [6, 6.07) is -3.19. The molecule has 62 atom stereocenters. The van der Waals surface area contributed by atoms with E-state index in [0.29, 0.717) is 0 Å². The number of aliphatic hydroxyl groups excluding tert-OH is 32. The Labute approximate surface area is 818 Å². The summed E-state index contributed by atoms with van der Waals surface area (Å²) >= 11 is 0. The molecule has 0 saturated carbocycles. The Hall–Kier alpha value is -3.34. The first-order valence-corrected chi connectivity index (χ1v) is 47.1. The molecule has 22 unspecified atom stereocenters. The van der Waals surface area contributed by atoms with Gasteiger partial charge in [0.2, 0.25) is 0 Å². The van der Waals surface area contributed by atoms with Crippen LogP contribution in [-0.2, 0) is 119 Å². The third-order valence-electron chi connectivity index (χ3n) is 28.9. The highest BCUT2D eigenvalue weighted by atomic mass is 16.8. The first-order valence-electron chi connectivity index (χ1n) is 47.1. The first kappa shape index (κ1) is 119. The Bertz CT molecular complexity index is 3940. The second-order valence-corrected chi connectivity index (χ2v) is 38.6. The van der Waals surface area contributed by atoms with Crippen LogP contribution >= 0.6 is 0 Å². The van der Waals surface area contributed by atoms with Gasteiger partial charge in [0.1, 0.15) is 226 Å². The minimum absolute atomic E-state index is 0.529. The summed E-state index contributed by atoms with van der Waals surface area (Å²) in [4.78, 5) is 25.7. The van der Waals surface area contributed by atoms with Gasteiger partial charge in [0, 0.05) is 36.5 Å². The molecular weight excluding hydrogens is 1970 g/mol. The zero-order valence-corrected chi connectivity index (χ0v) is 78.4. The highest BCUT2D eigenvalue weighted by Gasteiger charge is 2.64. The highest BCUT2D eigenvalue weighted by Crippen LogP contribution is 2.45. The van der Waals surface area contributed by atoms with Gasteiger partial charge in [-0.2, -0.15) is 0 Å². The highest BCUT2D eigenvalue weighted by molar-refractivity contribution is 5.76. The van der Waals surface area contributed by atoms with Crippen LogP contribution in [0, 0.1) is 23.7 Å². The molecule has 0 aromatic heterocycles. The van der Waals surface area contributed by atoms with Crippen molar-refractivity contribution >= 4 is 11.9 Å². The summed E-state index contributed by atoms with van der Waals surface area (Å²) in [7, 11) is 0. The monoisotopic (exact) mass is 2110 g/mol. The lowest BCUT2D eigenvalue weighted by atomic mass is 9.88. The summed E-state index contributed by atoms with van der Waals surface area (Å²) < 4.78 is 138.